The lowest BCUT2D eigenvalue weighted by Gasteiger charge is -2.10. The molecule has 1 aromatic carbocycles. The molecule has 0 aliphatic carbocycles. The number of nitrogens with one attached hydrogen (secondary N) is 2. The van der Waals surface area contributed by atoms with Gasteiger partial charge in [-0.05, 0) is 31.9 Å². The normalized spacial score (nSPS) is 18.0. The molecule has 0 unspecified atom stereocenters. The summed E-state index contributed by atoms with van der Waals surface area (Å²) >= 11 is 0. The number of ether oxygens (including phenoxy) is 1. The second kappa shape index (κ2) is 5.69. The molecule has 5 nitrogen and oxygen atoms in total. The van der Waals surface area contributed by atoms with Crippen molar-refractivity contribution in [2.75, 3.05) is 13.2 Å². The number of pyridine rings is 1. The van der Waals surface area contributed by atoms with E-state index in [1.807, 2.05) is 19.1 Å². The van der Waals surface area contributed by atoms with Crippen LogP contribution < -0.4 is 10.7 Å². The summed E-state index contributed by atoms with van der Waals surface area (Å²) in [5, 5.41) is 3.32. The van der Waals surface area contributed by atoms with Crippen LogP contribution in [-0.2, 0) is 4.74 Å². The smallest absolute Gasteiger partial charge is 0.256 e. The third-order valence-corrected chi connectivity index (χ3v) is 3.80. The predicted octanol–water partition coefficient (Wildman–Crippen LogP) is 1.75. The van der Waals surface area contributed by atoms with Crippen LogP contribution in [0.4, 0.5) is 0 Å². The van der Waals surface area contributed by atoms with E-state index in [2.05, 4.69) is 10.3 Å². The summed E-state index contributed by atoms with van der Waals surface area (Å²) in [6.45, 7) is 3.11. The highest BCUT2D eigenvalue weighted by Gasteiger charge is 2.18. The van der Waals surface area contributed by atoms with Gasteiger partial charge in [0.1, 0.15) is 5.56 Å². The van der Waals surface area contributed by atoms with Gasteiger partial charge in [0.05, 0.1) is 6.10 Å². The number of rotatable bonds is 3. The zero-order valence-electron chi connectivity index (χ0n) is 11.9. The molecule has 110 valence electrons. The minimum absolute atomic E-state index is 0.0655. The van der Waals surface area contributed by atoms with Gasteiger partial charge >= 0.3 is 0 Å². The van der Waals surface area contributed by atoms with Crippen LogP contribution in [0.3, 0.4) is 0 Å². The molecule has 1 aliphatic rings. The van der Waals surface area contributed by atoms with Crippen LogP contribution in [0.2, 0.25) is 0 Å². The maximum atomic E-state index is 12.4. The van der Waals surface area contributed by atoms with Crippen molar-refractivity contribution in [2.24, 2.45) is 0 Å². The molecule has 2 aromatic rings. The van der Waals surface area contributed by atoms with E-state index in [1.54, 1.807) is 6.07 Å². The number of carbonyl (C=O) groups excluding carboxylic acids is 1. The van der Waals surface area contributed by atoms with Gasteiger partial charge in [0, 0.05) is 30.3 Å². The Labute approximate surface area is 122 Å². The first kappa shape index (κ1) is 13.8. The number of carbonyl (C=O) groups is 1. The van der Waals surface area contributed by atoms with Crippen molar-refractivity contribution < 1.29 is 9.53 Å². The fourth-order valence-corrected chi connectivity index (χ4v) is 2.61. The minimum atomic E-state index is -0.352. The third-order valence-electron chi connectivity index (χ3n) is 3.80. The van der Waals surface area contributed by atoms with Gasteiger partial charge < -0.3 is 15.0 Å². The van der Waals surface area contributed by atoms with E-state index in [0.29, 0.717) is 11.9 Å². The van der Waals surface area contributed by atoms with Crippen molar-refractivity contribution in [3.63, 3.8) is 0 Å². The average molecular weight is 286 g/mol. The van der Waals surface area contributed by atoms with E-state index < -0.39 is 0 Å². The Morgan fingerprint density at radius 1 is 1.48 bits per heavy atom. The Balaban J connectivity index is 1.84. The van der Waals surface area contributed by atoms with Crippen molar-refractivity contribution in [3.8, 4) is 0 Å². The van der Waals surface area contributed by atoms with Crippen molar-refractivity contribution in [2.45, 2.75) is 25.9 Å². The fraction of sp³-hybridized carbons (Fsp3) is 0.375. The van der Waals surface area contributed by atoms with Gasteiger partial charge in [-0.3, -0.25) is 9.59 Å². The Morgan fingerprint density at radius 2 is 2.33 bits per heavy atom. The Kier molecular flexibility index (Phi) is 3.75. The third kappa shape index (κ3) is 2.83. The molecular formula is C16H18N2O3. The average Bonchev–Trinajstić information content (AvgIpc) is 2.99. The summed E-state index contributed by atoms with van der Waals surface area (Å²) < 4.78 is 5.45. The summed E-state index contributed by atoms with van der Waals surface area (Å²) in [6, 6.07) is 5.57. The summed E-state index contributed by atoms with van der Waals surface area (Å²) in [7, 11) is 0. The number of H-pyrrole nitrogens is 1. The Morgan fingerprint density at radius 3 is 3.10 bits per heavy atom. The second-order valence-electron chi connectivity index (χ2n) is 5.43. The van der Waals surface area contributed by atoms with Gasteiger partial charge in [0.15, 0.2) is 0 Å². The number of fused-ring (bicyclic) bond motifs is 1. The van der Waals surface area contributed by atoms with E-state index in [-0.39, 0.29) is 23.0 Å². The molecule has 1 aromatic heterocycles. The van der Waals surface area contributed by atoms with Gasteiger partial charge in [0.2, 0.25) is 5.43 Å². The molecule has 21 heavy (non-hydrogen) atoms. The molecule has 0 spiro atoms. The Bertz CT molecular complexity index is 730. The van der Waals surface area contributed by atoms with Crippen LogP contribution in [0.1, 0.15) is 28.8 Å². The molecule has 0 radical (unpaired) electrons. The molecule has 5 heteroatoms. The highest BCUT2D eigenvalue weighted by molar-refractivity contribution is 5.97. The van der Waals surface area contributed by atoms with Gasteiger partial charge in [-0.1, -0.05) is 11.6 Å². The van der Waals surface area contributed by atoms with Crippen LogP contribution in [0, 0.1) is 6.92 Å². The van der Waals surface area contributed by atoms with Crippen LogP contribution >= 0.6 is 0 Å². The summed E-state index contributed by atoms with van der Waals surface area (Å²) in [5.74, 6) is -0.352. The molecule has 0 bridgehead atoms. The first-order valence-corrected chi connectivity index (χ1v) is 7.17. The van der Waals surface area contributed by atoms with Gasteiger partial charge in [-0.2, -0.15) is 0 Å². The van der Waals surface area contributed by atoms with Crippen LogP contribution in [0.15, 0.2) is 29.2 Å². The maximum absolute atomic E-state index is 12.4. The summed E-state index contributed by atoms with van der Waals surface area (Å²) in [5.41, 5.74) is 1.63. The lowest BCUT2D eigenvalue weighted by Crippen LogP contribution is -2.34. The number of amides is 1. The SMILES string of the molecule is Cc1ccc2[nH]cc(C(=O)NC[C@@H]3CCCO3)c(=O)c2c1. The minimum Gasteiger partial charge on any atom is -0.376 e. The van der Waals surface area contributed by atoms with E-state index in [1.165, 1.54) is 6.20 Å². The molecular weight excluding hydrogens is 268 g/mol. The number of aromatic nitrogens is 1. The number of benzene rings is 1. The quantitative estimate of drug-likeness (QED) is 0.903. The maximum Gasteiger partial charge on any atom is 0.256 e. The fourth-order valence-electron chi connectivity index (χ4n) is 2.61. The first-order valence-electron chi connectivity index (χ1n) is 7.17. The zero-order chi connectivity index (χ0) is 14.8. The van der Waals surface area contributed by atoms with Gasteiger partial charge in [0.25, 0.3) is 5.91 Å². The largest absolute Gasteiger partial charge is 0.376 e. The van der Waals surface area contributed by atoms with Crippen LogP contribution in [0.25, 0.3) is 10.9 Å². The molecule has 1 fully saturated rings. The number of hydrogen-bond donors (Lipinski definition) is 2. The van der Waals surface area contributed by atoms with Crippen LogP contribution in [-0.4, -0.2) is 30.1 Å². The molecule has 1 amide bonds. The van der Waals surface area contributed by atoms with Crippen molar-refractivity contribution in [3.05, 3.63) is 45.7 Å². The number of hydrogen-bond acceptors (Lipinski definition) is 3. The summed E-state index contributed by atoms with van der Waals surface area (Å²) in [4.78, 5) is 27.6. The van der Waals surface area contributed by atoms with E-state index in [9.17, 15) is 9.59 Å². The number of aryl methyl sites for hydroxylation is 1. The molecule has 1 aliphatic heterocycles. The molecule has 0 saturated carbocycles. The molecule has 2 heterocycles. The van der Waals surface area contributed by atoms with Gasteiger partial charge in [-0.25, -0.2) is 0 Å². The highest BCUT2D eigenvalue weighted by atomic mass is 16.5. The lowest BCUT2D eigenvalue weighted by atomic mass is 10.1. The first-order chi connectivity index (χ1) is 10.1. The topological polar surface area (TPSA) is 71.2 Å². The predicted molar refractivity (Wildman–Crippen MR) is 80.6 cm³/mol. The molecule has 2 N–H and O–H groups in total. The molecule has 3 rings (SSSR count). The highest BCUT2D eigenvalue weighted by Crippen LogP contribution is 2.12. The van der Waals surface area contributed by atoms with Crippen molar-refractivity contribution in [1.29, 1.82) is 0 Å². The zero-order valence-corrected chi connectivity index (χ0v) is 11.9. The summed E-state index contributed by atoms with van der Waals surface area (Å²) in [6.07, 6.45) is 3.52. The van der Waals surface area contributed by atoms with Crippen molar-refractivity contribution in [1.82, 2.24) is 10.3 Å². The van der Waals surface area contributed by atoms with E-state index in [0.717, 1.165) is 30.5 Å². The monoisotopic (exact) mass is 286 g/mol. The van der Waals surface area contributed by atoms with Gasteiger partial charge in [-0.15, -0.1) is 0 Å². The van der Waals surface area contributed by atoms with E-state index in [4.69, 9.17) is 4.74 Å². The lowest BCUT2D eigenvalue weighted by molar-refractivity contribution is 0.0857. The van der Waals surface area contributed by atoms with Crippen LogP contribution in [0.5, 0.6) is 0 Å². The van der Waals surface area contributed by atoms with Crippen molar-refractivity contribution >= 4 is 16.8 Å². The second-order valence-corrected chi connectivity index (χ2v) is 5.43. The standard InChI is InChI=1S/C16H18N2O3/c1-10-4-5-14-12(7-10)15(19)13(9-17-14)16(20)18-8-11-3-2-6-21-11/h4-5,7,9,11H,2-3,6,8H2,1H3,(H,17,19)(H,18,20)/t11-/m0/s1. The van der Waals surface area contributed by atoms with E-state index >= 15 is 0 Å². The molecule has 1 atom stereocenters. The Hall–Kier alpha value is -2.14. The molecule has 1 saturated heterocycles. The number of aromatic amines is 1.